The average molecular weight is 631 g/mol. The maximum Gasteiger partial charge on any atom is 0.253 e. The number of aromatic nitrogens is 1. The molecule has 0 radical (unpaired) electrons. The highest BCUT2D eigenvalue weighted by molar-refractivity contribution is 7.95. The van der Waals surface area contributed by atoms with E-state index in [2.05, 4.69) is 29.4 Å². The average Bonchev–Trinajstić information content (AvgIpc) is 2.91. The summed E-state index contributed by atoms with van der Waals surface area (Å²) >= 11 is 18.0. The van der Waals surface area contributed by atoms with Gasteiger partial charge in [-0.15, -0.1) is 11.6 Å². The number of halogens is 2. The van der Waals surface area contributed by atoms with E-state index in [0.717, 1.165) is 37.2 Å². The largest absolute Gasteiger partial charge is 0.475 e. The number of alkyl halides is 1. The molecular weight excluding hydrogens is 593 g/mol. The standard InChI is InChI=1S/C28H37Cl2N3O5S2/c1-5-12-32(13-11-29)21-6-8-22(9-7-21)38-40-26(23(10-16-39)28(19(2)3)33(35)36)17-24-20(4)31-27(18-25(24)30)37-15-14-34/h6-10,16,18-19,26,34,39H,5,11-15,17H2,1-4H3/b16-10?,28-23-. The van der Waals surface area contributed by atoms with Gasteiger partial charge in [-0.25, -0.2) is 4.98 Å². The third-order valence-electron chi connectivity index (χ3n) is 5.93. The monoisotopic (exact) mass is 629 g/mol. The predicted molar refractivity (Wildman–Crippen MR) is 169 cm³/mol. The van der Waals surface area contributed by atoms with Gasteiger partial charge in [-0.05, 0) is 61.1 Å². The maximum absolute atomic E-state index is 12.1. The van der Waals surface area contributed by atoms with E-state index in [0.29, 0.717) is 45.8 Å². The molecule has 1 heterocycles. The van der Waals surface area contributed by atoms with Crippen LogP contribution in [-0.2, 0) is 6.42 Å². The van der Waals surface area contributed by atoms with Crippen LogP contribution in [0, 0.1) is 23.0 Å². The van der Waals surface area contributed by atoms with Gasteiger partial charge in [0.2, 0.25) is 5.88 Å². The smallest absolute Gasteiger partial charge is 0.253 e. The number of hydrogen-bond acceptors (Lipinski definition) is 9. The summed E-state index contributed by atoms with van der Waals surface area (Å²) in [5.74, 6) is 1.08. The predicted octanol–water partition coefficient (Wildman–Crippen LogP) is 7.14. The van der Waals surface area contributed by atoms with E-state index in [1.807, 2.05) is 24.3 Å². The molecule has 220 valence electrons. The number of thiol groups is 1. The zero-order valence-corrected chi connectivity index (χ0v) is 26.4. The molecule has 0 saturated heterocycles. The molecular formula is C28H37Cl2N3O5S2. The molecule has 0 amide bonds. The van der Waals surface area contributed by atoms with Crippen molar-refractivity contribution in [2.45, 2.75) is 45.8 Å². The molecule has 12 heteroatoms. The van der Waals surface area contributed by atoms with Gasteiger partial charge in [-0.1, -0.05) is 32.4 Å². The molecule has 0 bridgehead atoms. The van der Waals surface area contributed by atoms with Crippen LogP contribution in [0.4, 0.5) is 5.69 Å². The Kier molecular flexibility index (Phi) is 15.0. The third-order valence-corrected chi connectivity index (χ3v) is 7.53. The molecule has 1 aromatic heterocycles. The molecule has 1 N–H and O–H groups in total. The third kappa shape index (κ3) is 10.1. The van der Waals surface area contributed by atoms with Gasteiger partial charge in [-0.3, -0.25) is 10.1 Å². The lowest BCUT2D eigenvalue weighted by atomic mass is 9.97. The number of pyridine rings is 1. The molecule has 0 fully saturated rings. The topological polar surface area (TPSA) is 98.0 Å². The first-order valence-electron chi connectivity index (χ1n) is 13.0. The van der Waals surface area contributed by atoms with Crippen molar-refractivity contribution in [3.63, 3.8) is 0 Å². The number of hydrogen-bond donors (Lipinski definition) is 2. The van der Waals surface area contributed by atoms with Crippen LogP contribution >= 0.6 is 47.9 Å². The number of aliphatic hydroxyl groups is 1. The van der Waals surface area contributed by atoms with Crippen LogP contribution in [-0.4, -0.2) is 52.4 Å². The van der Waals surface area contributed by atoms with Crippen LogP contribution in [0.25, 0.3) is 0 Å². The molecule has 40 heavy (non-hydrogen) atoms. The highest BCUT2D eigenvalue weighted by atomic mass is 35.5. The number of anilines is 1. The second-order valence-electron chi connectivity index (χ2n) is 9.19. The normalized spacial score (nSPS) is 12.9. The molecule has 2 aromatic rings. The number of rotatable bonds is 17. The molecule has 0 aliphatic heterocycles. The molecule has 1 aromatic carbocycles. The van der Waals surface area contributed by atoms with E-state index >= 15 is 0 Å². The van der Waals surface area contributed by atoms with E-state index in [9.17, 15) is 10.1 Å². The highest BCUT2D eigenvalue weighted by Gasteiger charge is 2.30. The Labute approximate surface area is 256 Å². The van der Waals surface area contributed by atoms with Gasteiger partial charge in [0.25, 0.3) is 5.70 Å². The second kappa shape index (κ2) is 17.6. The van der Waals surface area contributed by atoms with Crippen molar-refractivity contribution in [1.82, 2.24) is 4.98 Å². The lowest BCUT2D eigenvalue weighted by Gasteiger charge is -2.24. The molecule has 0 aliphatic rings. The summed E-state index contributed by atoms with van der Waals surface area (Å²) in [5, 5.41) is 22.6. The van der Waals surface area contributed by atoms with Crippen LogP contribution in [0.5, 0.6) is 11.6 Å². The number of aryl methyl sites for hydroxylation is 1. The molecule has 0 saturated carbocycles. The van der Waals surface area contributed by atoms with Gasteiger partial charge in [0.05, 0.1) is 33.8 Å². The summed E-state index contributed by atoms with van der Waals surface area (Å²) in [7, 11) is 0. The lowest BCUT2D eigenvalue weighted by molar-refractivity contribution is -0.433. The number of nitro groups is 1. The van der Waals surface area contributed by atoms with Crippen molar-refractivity contribution >= 4 is 53.6 Å². The van der Waals surface area contributed by atoms with Crippen molar-refractivity contribution < 1.29 is 18.9 Å². The lowest BCUT2D eigenvalue weighted by Crippen LogP contribution is -2.26. The molecule has 1 atom stereocenters. The zero-order valence-electron chi connectivity index (χ0n) is 23.2. The summed E-state index contributed by atoms with van der Waals surface area (Å²) in [4.78, 5) is 18.4. The first-order valence-corrected chi connectivity index (χ1v) is 15.2. The molecule has 0 aliphatic carbocycles. The summed E-state index contributed by atoms with van der Waals surface area (Å²) < 4.78 is 11.5. The Hall–Kier alpha value is -2.11. The van der Waals surface area contributed by atoms with Crippen molar-refractivity contribution in [3.8, 4) is 11.6 Å². The number of benzene rings is 1. The fourth-order valence-corrected chi connectivity index (χ4v) is 5.69. The van der Waals surface area contributed by atoms with Crippen LogP contribution in [0.3, 0.4) is 0 Å². The van der Waals surface area contributed by atoms with E-state index < -0.39 is 5.25 Å². The minimum atomic E-state index is -0.513. The van der Waals surface area contributed by atoms with Crippen molar-refractivity contribution in [2.24, 2.45) is 5.92 Å². The Bertz CT molecular complexity index is 1130. The van der Waals surface area contributed by atoms with E-state index in [1.54, 1.807) is 32.9 Å². The highest BCUT2D eigenvalue weighted by Crippen LogP contribution is 2.35. The van der Waals surface area contributed by atoms with Crippen LogP contribution in [0.2, 0.25) is 5.02 Å². The van der Waals surface area contributed by atoms with Gasteiger partial charge in [-0.2, -0.15) is 12.6 Å². The van der Waals surface area contributed by atoms with Gasteiger partial charge in [0.1, 0.15) is 12.4 Å². The van der Waals surface area contributed by atoms with Crippen LogP contribution in [0.15, 0.2) is 53.1 Å². The Morgan fingerprint density at radius 1 is 1.30 bits per heavy atom. The minimum absolute atomic E-state index is 0.0719. The number of aliphatic hydroxyl groups excluding tert-OH is 1. The Morgan fingerprint density at radius 2 is 2.00 bits per heavy atom. The number of ether oxygens (including phenoxy) is 1. The minimum Gasteiger partial charge on any atom is -0.475 e. The zero-order chi connectivity index (χ0) is 29.7. The van der Waals surface area contributed by atoms with Crippen LogP contribution < -0.4 is 13.8 Å². The quantitative estimate of drug-likeness (QED) is 0.0476. The fraction of sp³-hybridized carbons (Fsp3) is 0.464. The van der Waals surface area contributed by atoms with Crippen LogP contribution in [0.1, 0.15) is 38.4 Å². The fourth-order valence-electron chi connectivity index (χ4n) is 4.14. The summed E-state index contributed by atoms with van der Waals surface area (Å²) in [6, 6.07) is 9.28. The molecule has 0 spiro atoms. The Morgan fingerprint density at radius 3 is 2.52 bits per heavy atom. The van der Waals surface area contributed by atoms with Gasteiger partial charge in [0.15, 0.2) is 0 Å². The summed E-state index contributed by atoms with van der Waals surface area (Å²) in [6.07, 6.45) is 2.94. The molecule has 8 nitrogen and oxygen atoms in total. The molecule has 2 rings (SSSR count). The number of nitrogens with zero attached hydrogens (tertiary/aromatic N) is 3. The van der Waals surface area contributed by atoms with Crippen molar-refractivity contribution in [2.75, 3.05) is 37.1 Å². The second-order valence-corrected chi connectivity index (χ2v) is 11.2. The van der Waals surface area contributed by atoms with E-state index in [4.69, 9.17) is 37.2 Å². The van der Waals surface area contributed by atoms with Gasteiger partial charge in [0, 0.05) is 47.9 Å². The summed E-state index contributed by atoms with van der Waals surface area (Å²) in [6.45, 7) is 9.06. The Balaban J connectivity index is 2.45. The van der Waals surface area contributed by atoms with E-state index in [1.165, 1.54) is 5.41 Å². The molecule has 1 unspecified atom stereocenters. The van der Waals surface area contributed by atoms with Gasteiger partial charge >= 0.3 is 0 Å². The van der Waals surface area contributed by atoms with Crippen molar-refractivity contribution in [3.05, 3.63) is 79.5 Å². The number of allylic oxidation sites excluding steroid dienone is 2. The van der Waals surface area contributed by atoms with Crippen molar-refractivity contribution in [1.29, 1.82) is 0 Å². The first-order chi connectivity index (χ1) is 19.2. The van der Waals surface area contributed by atoms with E-state index in [-0.39, 0.29) is 29.8 Å². The SMILES string of the molecule is CCCN(CCCl)c1ccc(OSC(Cc2c(Cl)cc(OCCO)nc2C)/C(C=CS)=C(/C(C)C)[N+](=O)[O-])cc1. The first kappa shape index (κ1) is 34.1. The maximum atomic E-state index is 12.1. The van der Waals surface area contributed by atoms with Gasteiger partial charge < -0.3 is 18.9 Å². The summed E-state index contributed by atoms with van der Waals surface area (Å²) in [5.41, 5.74) is 2.92.